The largest absolute Gasteiger partial charge is 0.508 e. The van der Waals surface area contributed by atoms with Gasteiger partial charge in [0.2, 0.25) is 0 Å². The molecule has 0 aliphatic rings. The molecule has 0 radical (unpaired) electrons. The van der Waals surface area contributed by atoms with E-state index in [0.717, 1.165) is 81.2 Å². The number of methoxy groups -OCH3 is 8. The van der Waals surface area contributed by atoms with Gasteiger partial charge < -0.3 is 63.9 Å². The molecule has 0 atom stereocenters. The second-order valence-electron chi connectivity index (χ2n) is 18.8. The molecule has 0 aliphatic carbocycles. The third-order valence-electron chi connectivity index (χ3n) is 12.9. The van der Waals surface area contributed by atoms with Gasteiger partial charge in [0.25, 0.3) is 11.4 Å². The van der Waals surface area contributed by atoms with E-state index in [0.29, 0.717) is 28.5 Å². The number of nitro benzene ring substituents is 2. The Morgan fingerprint density at radius 2 is 0.684 bits per heavy atom. The van der Waals surface area contributed by atoms with Crippen molar-refractivity contribution in [3.05, 3.63) is 244 Å². The first-order valence-corrected chi connectivity index (χ1v) is 33.3. The molecule has 0 saturated carbocycles. The van der Waals surface area contributed by atoms with Crippen LogP contribution < -0.4 is 49.1 Å². The number of hydrogen-bond donors (Lipinski definition) is 5. The lowest BCUT2D eigenvalue weighted by atomic mass is 9.79. The summed E-state index contributed by atoms with van der Waals surface area (Å²) in [7, 11) is 11.2. The maximum absolute atomic E-state index is 10.6. The van der Waals surface area contributed by atoms with Gasteiger partial charge in [0, 0.05) is 99.6 Å². The number of benzene rings is 10. The summed E-state index contributed by atoms with van der Waals surface area (Å²) in [6, 6.07) is 62.8. The SMILES string of the molecule is BrB(Br)Br.C.C.C.COc1ccc(-c2ccc(I)cc2)c(OC)c1.COc1ccc(-c2ccc(N)cc2)c(OC)c1.COc1ccc(-c2ccc([N+](=O)[O-])cc2)c(OC)c1.COc1ccc(B(O)O)c(OC)c1.O=[N+]([O-])c1ccc(Br)cc1.Oc1ccc(-c2ccc(I)cc2)c(O)c1. The van der Waals surface area contributed by atoms with Gasteiger partial charge in [-0.05, 0) is 183 Å². The summed E-state index contributed by atoms with van der Waals surface area (Å²) in [6.07, 6.45) is 0. The highest BCUT2D eigenvalue weighted by Gasteiger charge is 2.17. The minimum atomic E-state index is -1.53. The second kappa shape index (κ2) is 46.5. The van der Waals surface area contributed by atoms with Crippen LogP contribution in [0.2, 0.25) is 0 Å². The van der Waals surface area contributed by atoms with Crippen LogP contribution in [0.1, 0.15) is 22.3 Å². The fourth-order valence-corrected chi connectivity index (χ4v) is 9.14. The summed E-state index contributed by atoms with van der Waals surface area (Å²) in [4.78, 5) is 19.9. The Morgan fingerprint density at radius 1 is 0.398 bits per heavy atom. The van der Waals surface area contributed by atoms with E-state index in [-0.39, 0.29) is 48.3 Å². The van der Waals surface area contributed by atoms with Crippen LogP contribution >= 0.6 is 108 Å². The van der Waals surface area contributed by atoms with E-state index in [4.69, 9.17) is 58.8 Å². The fourth-order valence-electron chi connectivity index (χ4n) is 8.15. The molecule has 98 heavy (non-hydrogen) atoms. The number of aromatic hydroxyl groups is 2. The van der Waals surface area contributed by atoms with Crippen LogP contribution in [0.3, 0.4) is 0 Å². The molecule has 0 heterocycles. The van der Waals surface area contributed by atoms with Crippen molar-refractivity contribution >= 4 is 141 Å². The van der Waals surface area contributed by atoms with E-state index < -0.39 is 17.0 Å². The molecule has 0 aliphatic heterocycles. The van der Waals surface area contributed by atoms with Crippen molar-refractivity contribution in [2.45, 2.75) is 22.3 Å². The summed E-state index contributed by atoms with van der Waals surface area (Å²) in [5.74, 6) is 5.72. The van der Waals surface area contributed by atoms with Crippen molar-refractivity contribution in [2.24, 2.45) is 0 Å². The number of nitrogens with two attached hydrogens (primary N) is 1. The number of phenols is 2. The van der Waals surface area contributed by atoms with Gasteiger partial charge >= 0.3 is 10.3 Å². The first-order chi connectivity index (χ1) is 45.4. The summed E-state index contributed by atoms with van der Waals surface area (Å²) < 4.78 is 44.9. The minimum Gasteiger partial charge on any atom is -0.508 e. The average Bonchev–Trinajstić information content (AvgIpc) is 0.855. The highest BCUT2D eigenvalue weighted by Crippen LogP contribution is 2.37. The van der Waals surface area contributed by atoms with Crippen LogP contribution in [-0.2, 0) is 0 Å². The van der Waals surface area contributed by atoms with Gasteiger partial charge in [-0.1, -0.05) is 80.7 Å². The van der Waals surface area contributed by atoms with Crippen molar-refractivity contribution in [1.29, 1.82) is 0 Å². The molecular formula is C71H77B2Br4I2N3O16. The zero-order chi connectivity index (χ0) is 70.1. The predicted molar refractivity (Wildman–Crippen MR) is 430 cm³/mol. The van der Waals surface area contributed by atoms with Gasteiger partial charge in [-0.25, -0.2) is 0 Å². The predicted octanol–water partition coefficient (Wildman–Crippen LogP) is 19.4. The number of phenolic OH excluding ortho intramolecular Hbond substituents is 2. The molecule has 0 aromatic heterocycles. The van der Waals surface area contributed by atoms with Crippen molar-refractivity contribution in [3.63, 3.8) is 0 Å². The fraction of sp³-hybridized carbons (Fsp3) is 0.155. The molecule has 0 amide bonds. The number of nitrogen functional groups attached to an aromatic ring is 1. The lowest BCUT2D eigenvalue weighted by Gasteiger charge is -2.10. The Bertz CT molecular complexity index is 3910. The maximum atomic E-state index is 10.6. The first kappa shape index (κ1) is 88.2. The van der Waals surface area contributed by atoms with Crippen molar-refractivity contribution in [1.82, 2.24) is 0 Å². The van der Waals surface area contributed by atoms with Crippen LogP contribution in [0.15, 0.2) is 217 Å². The molecule has 10 aromatic carbocycles. The van der Waals surface area contributed by atoms with Crippen LogP contribution in [0.25, 0.3) is 44.5 Å². The monoisotopic (exact) mass is 1820 g/mol. The second-order valence-corrected chi connectivity index (χ2v) is 28.6. The normalized spacial score (nSPS) is 9.47. The quantitative estimate of drug-likeness (QED) is 0.0210. The highest BCUT2D eigenvalue weighted by atomic mass is 127. The van der Waals surface area contributed by atoms with Crippen molar-refractivity contribution in [2.75, 3.05) is 62.6 Å². The molecule has 19 nitrogen and oxygen atoms in total. The molecule has 10 aromatic rings. The van der Waals surface area contributed by atoms with Gasteiger partial charge in [-0.2, -0.15) is 0 Å². The summed E-state index contributed by atoms with van der Waals surface area (Å²) in [6.45, 7) is 0. The standard InChI is InChI=1S/C14H13IO2.C14H13NO4.C14H15NO2.C12H9IO2.C8H11BO4.C6H4BrNO2.3CH4.BBr3/c1-16-12-7-8-13(14(9-12)17-2)10-3-5-11(15)6-4-10;1-18-12-7-8-13(14(9-12)19-2)10-3-5-11(6-4-10)15(16)17;1-16-12-7-8-13(14(9-12)17-2)10-3-5-11(15)6-4-10;13-9-3-1-8(2-4-9)11-6-5-10(14)7-12(11)15;1-12-6-3-4-7(9(10)11)8(5-6)13-2;7-5-1-3-6(4-2-5)8(9)10;;;;2-1(3)4/h3-9H,1-2H3;3-9H,1-2H3;3-9H,15H2,1-2H3;1-7,14-15H;3-5,10-11H,1-2H3;1-4H;3*1H4;. The van der Waals surface area contributed by atoms with E-state index in [1.54, 1.807) is 103 Å². The van der Waals surface area contributed by atoms with E-state index >= 15 is 0 Å². The lowest BCUT2D eigenvalue weighted by molar-refractivity contribution is -0.385. The van der Waals surface area contributed by atoms with E-state index in [1.807, 2.05) is 97.1 Å². The topological polar surface area (TPSA) is 267 Å². The lowest BCUT2D eigenvalue weighted by Crippen LogP contribution is -2.31. The Kier molecular flexibility index (Phi) is 41.9. The molecule has 0 bridgehead atoms. The molecular weight excluding hydrogens is 1750 g/mol. The van der Waals surface area contributed by atoms with E-state index in [9.17, 15) is 25.3 Å². The number of anilines is 1. The van der Waals surface area contributed by atoms with Crippen LogP contribution in [0, 0.1) is 27.4 Å². The van der Waals surface area contributed by atoms with Crippen LogP contribution in [0.5, 0.6) is 57.5 Å². The van der Waals surface area contributed by atoms with E-state index in [2.05, 4.69) is 133 Å². The number of nitrogens with zero attached hydrogens (tertiary/aromatic N) is 2. The molecule has 520 valence electrons. The van der Waals surface area contributed by atoms with Crippen molar-refractivity contribution in [3.8, 4) is 102 Å². The van der Waals surface area contributed by atoms with E-state index in [1.165, 1.54) is 48.1 Å². The summed E-state index contributed by atoms with van der Waals surface area (Å²) >= 11 is 17.0. The summed E-state index contributed by atoms with van der Waals surface area (Å²) in [5, 5.41) is 57.4. The number of halogens is 6. The molecule has 0 fully saturated rings. The van der Waals surface area contributed by atoms with Gasteiger partial charge in [0.15, 0.2) is 0 Å². The van der Waals surface area contributed by atoms with Crippen LogP contribution in [0.4, 0.5) is 17.1 Å². The number of rotatable bonds is 15. The van der Waals surface area contributed by atoms with Gasteiger partial charge in [-0.15, -0.1) is 47.3 Å². The number of non-ortho nitro benzene ring substituents is 2. The summed E-state index contributed by atoms with van der Waals surface area (Å²) in [5.41, 5.74) is 14.6. The Hall–Kier alpha value is -7.77. The number of ether oxygens (including phenoxy) is 8. The smallest absolute Gasteiger partial charge is 0.492 e. The zero-order valence-corrected chi connectivity index (χ0v) is 62.9. The van der Waals surface area contributed by atoms with Gasteiger partial charge in [-0.3, -0.25) is 20.2 Å². The van der Waals surface area contributed by atoms with Gasteiger partial charge in [0.1, 0.15) is 57.5 Å². The molecule has 6 N–H and O–H groups in total. The molecule has 27 heteroatoms. The Labute approximate surface area is 634 Å². The average molecular weight is 1820 g/mol. The number of nitro groups is 2. The number of hydrogen-bond acceptors (Lipinski definition) is 17. The Morgan fingerprint density at radius 3 is 0.990 bits per heavy atom. The molecule has 10 rings (SSSR count). The molecule has 0 saturated heterocycles. The minimum absolute atomic E-state index is 0. The van der Waals surface area contributed by atoms with Crippen LogP contribution in [-0.4, -0.2) is 97.3 Å². The Balaban J connectivity index is 0.000000583. The van der Waals surface area contributed by atoms with Crippen molar-refractivity contribution < 1.29 is 68.0 Å². The third kappa shape index (κ3) is 29.4. The maximum Gasteiger partial charge on any atom is 0.492 e. The third-order valence-corrected chi connectivity index (χ3v) is 14.9. The highest BCUT2D eigenvalue weighted by molar-refractivity contribution is 14.1. The molecule has 0 spiro atoms. The zero-order valence-electron chi connectivity index (χ0n) is 52.3. The first-order valence-electron chi connectivity index (χ1n) is 27.6. The molecule has 0 unspecified atom stereocenters. The van der Waals surface area contributed by atoms with Gasteiger partial charge in [0.05, 0.1) is 66.7 Å².